The third-order valence-electron chi connectivity index (χ3n) is 9.24. The molecule has 0 saturated carbocycles. The molecule has 3 aromatic rings. The van der Waals surface area contributed by atoms with Crippen molar-refractivity contribution in [3.05, 3.63) is 82.7 Å². The quantitative estimate of drug-likeness (QED) is 0.321. The van der Waals surface area contributed by atoms with E-state index in [0.29, 0.717) is 37.2 Å². The van der Waals surface area contributed by atoms with Crippen LogP contribution in [0.4, 0.5) is 32.4 Å². The highest BCUT2D eigenvalue weighted by Gasteiger charge is 2.39. The van der Waals surface area contributed by atoms with E-state index >= 15 is 0 Å². The molecular formula is C32H35F5N6O2. The SMILES string of the molecule is O=C(Cn1nc(C(F)F)cc1C(F)(F)F)N1CCC(C2Cc3ccccc3NN(C(=O)NC3CCCc4ccccc43)C2)CC1. The molecule has 1 saturated heterocycles. The lowest BCUT2D eigenvalue weighted by Gasteiger charge is -2.37. The summed E-state index contributed by atoms with van der Waals surface area (Å²) in [4.78, 5) is 28.1. The third kappa shape index (κ3) is 6.76. The number of halogens is 5. The number of piperidine rings is 1. The maximum atomic E-state index is 13.7. The fourth-order valence-electron chi connectivity index (χ4n) is 6.90. The Hall–Kier alpha value is -4.16. The Kier molecular flexibility index (Phi) is 8.69. The van der Waals surface area contributed by atoms with Crippen molar-refractivity contribution in [3.63, 3.8) is 0 Å². The highest BCUT2D eigenvalue weighted by Crippen LogP contribution is 2.35. The topological polar surface area (TPSA) is 82.5 Å². The van der Waals surface area contributed by atoms with Crippen LogP contribution < -0.4 is 10.7 Å². The van der Waals surface area contributed by atoms with Gasteiger partial charge in [0.1, 0.15) is 17.9 Å². The summed E-state index contributed by atoms with van der Waals surface area (Å²) in [7, 11) is 0. The summed E-state index contributed by atoms with van der Waals surface area (Å²) in [5.74, 6) is -0.391. The van der Waals surface area contributed by atoms with Crippen LogP contribution in [-0.4, -0.2) is 51.3 Å². The van der Waals surface area contributed by atoms with E-state index in [2.05, 4.69) is 28.0 Å². The predicted octanol–water partition coefficient (Wildman–Crippen LogP) is 6.37. The fourth-order valence-corrected chi connectivity index (χ4v) is 6.90. The number of benzene rings is 2. The molecule has 2 aromatic carbocycles. The van der Waals surface area contributed by atoms with E-state index in [1.807, 2.05) is 36.4 Å². The molecule has 2 aliphatic heterocycles. The van der Waals surface area contributed by atoms with E-state index in [4.69, 9.17) is 0 Å². The first kappa shape index (κ1) is 30.8. The van der Waals surface area contributed by atoms with Crippen molar-refractivity contribution >= 4 is 17.6 Å². The lowest BCUT2D eigenvalue weighted by Crippen LogP contribution is -2.48. The molecular weight excluding hydrogens is 595 g/mol. The van der Waals surface area contributed by atoms with E-state index in [1.165, 1.54) is 10.5 Å². The number of carbonyl (C=O) groups excluding carboxylic acids is 2. The van der Waals surface area contributed by atoms with Crippen molar-refractivity contribution in [2.45, 2.75) is 63.7 Å². The highest BCUT2D eigenvalue weighted by molar-refractivity contribution is 5.77. The number of anilines is 1. The first-order valence-electron chi connectivity index (χ1n) is 15.3. The van der Waals surface area contributed by atoms with E-state index < -0.39 is 36.4 Å². The number of carbonyl (C=O) groups is 2. The average molecular weight is 631 g/mol. The molecule has 2 N–H and O–H groups in total. The van der Waals surface area contributed by atoms with Gasteiger partial charge < -0.3 is 10.2 Å². The Labute approximate surface area is 257 Å². The summed E-state index contributed by atoms with van der Waals surface area (Å²) in [5, 5.41) is 8.23. The second-order valence-electron chi connectivity index (χ2n) is 12.1. The molecule has 3 amide bonds. The molecule has 13 heteroatoms. The average Bonchev–Trinajstić information content (AvgIpc) is 3.36. The minimum absolute atomic E-state index is 0.0688. The zero-order valence-electron chi connectivity index (χ0n) is 24.6. The Bertz CT molecular complexity index is 1530. The molecule has 2 unspecified atom stereocenters. The standard InChI is InChI=1S/C32H35F5N6O2/c33-30(34)27-17-28(32(35,36)37)42(40-27)19-29(44)41-14-12-20(13-15-41)23-16-22-7-2-4-10-25(22)39-43(18-23)31(45)38-26-11-5-8-21-6-1-3-9-24(21)26/h1-4,6-7,9-10,17,20,23,26,30,39H,5,8,11-16,18-19H2,(H,38,45). The molecule has 8 nitrogen and oxygen atoms in total. The molecule has 1 aliphatic carbocycles. The molecule has 3 aliphatic rings. The van der Waals surface area contributed by atoms with Gasteiger partial charge in [0.25, 0.3) is 6.43 Å². The van der Waals surface area contributed by atoms with E-state index in [1.54, 1.807) is 5.01 Å². The van der Waals surface area contributed by atoms with Crippen LogP contribution >= 0.6 is 0 Å². The zero-order chi connectivity index (χ0) is 31.7. The van der Waals surface area contributed by atoms with Gasteiger partial charge in [-0.1, -0.05) is 42.5 Å². The van der Waals surface area contributed by atoms with Crippen molar-refractivity contribution < 1.29 is 31.5 Å². The second kappa shape index (κ2) is 12.7. The number of para-hydroxylation sites is 1. The van der Waals surface area contributed by atoms with Crippen LogP contribution in [0.25, 0.3) is 0 Å². The Morgan fingerprint density at radius 2 is 1.69 bits per heavy atom. The molecule has 0 radical (unpaired) electrons. The van der Waals surface area contributed by atoms with Crippen LogP contribution in [0.1, 0.15) is 66.2 Å². The second-order valence-corrected chi connectivity index (χ2v) is 12.1. The van der Waals surface area contributed by atoms with Gasteiger partial charge in [0.15, 0.2) is 0 Å². The minimum atomic E-state index is -4.92. The van der Waals surface area contributed by atoms with Gasteiger partial charge in [0, 0.05) is 19.6 Å². The van der Waals surface area contributed by atoms with Crippen LogP contribution in [0.3, 0.4) is 0 Å². The number of hydrogen-bond donors (Lipinski definition) is 2. The number of fused-ring (bicyclic) bond motifs is 2. The number of aromatic nitrogens is 2. The smallest absolute Gasteiger partial charge is 0.341 e. The number of aryl methyl sites for hydroxylation is 1. The largest absolute Gasteiger partial charge is 0.433 e. The number of hydrazine groups is 1. The van der Waals surface area contributed by atoms with Gasteiger partial charge in [-0.15, -0.1) is 0 Å². The van der Waals surface area contributed by atoms with Gasteiger partial charge in [-0.3, -0.25) is 14.9 Å². The van der Waals surface area contributed by atoms with Crippen LogP contribution in [0.15, 0.2) is 54.6 Å². The first-order chi connectivity index (χ1) is 21.6. The van der Waals surface area contributed by atoms with Gasteiger partial charge in [0.05, 0.1) is 11.7 Å². The van der Waals surface area contributed by atoms with Crippen molar-refractivity contribution in [1.82, 2.24) is 25.0 Å². The molecule has 45 heavy (non-hydrogen) atoms. The van der Waals surface area contributed by atoms with Gasteiger partial charge in [-0.25, -0.2) is 18.6 Å². The number of hydrogen-bond acceptors (Lipinski definition) is 4. The molecule has 0 spiro atoms. The molecule has 1 aromatic heterocycles. The van der Waals surface area contributed by atoms with Crippen LogP contribution in [-0.2, 0) is 30.4 Å². The molecule has 1 fully saturated rings. The summed E-state index contributed by atoms with van der Waals surface area (Å²) in [6.45, 7) is 0.284. The Morgan fingerprint density at radius 3 is 2.42 bits per heavy atom. The summed E-state index contributed by atoms with van der Waals surface area (Å²) in [6.07, 6.45) is -3.36. The fraction of sp³-hybridized carbons (Fsp3) is 0.469. The maximum Gasteiger partial charge on any atom is 0.433 e. The van der Waals surface area contributed by atoms with Gasteiger partial charge in [-0.05, 0) is 79.2 Å². The maximum absolute atomic E-state index is 13.7. The number of rotatable bonds is 5. The molecule has 6 rings (SSSR count). The number of nitrogens with zero attached hydrogens (tertiary/aromatic N) is 4. The van der Waals surface area contributed by atoms with E-state index in [9.17, 15) is 31.5 Å². The molecule has 3 heterocycles. The van der Waals surface area contributed by atoms with Crippen molar-refractivity contribution in [1.29, 1.82) is 0 Å². The monoisotopic (exact) mass is 630 g/mol. The number of nitrogens with one attached hydrogen (secondary N) is 2. The zero-order valence-corrected chi connectivity index (χ0v) is 24.6. The number of urea groups is 1. The number of likely N-dealkylation sites (tertiary alicyclic amines) is 1. The summed E-state index contributed by atoms with van der Waals surface area (Å²) in [6, 6.07) is 16.0. The number of alkyl halides is 5. The third-order valence-corrected chi connectivity index (χ3v) is 9.24. The van der Waals surface area contributed by atoms with Gasteiger partial charge in [0.2, 0.25) is 5.91 Å². The van der Waals surface area contributed by atoms with E-state index in [-0.39, 0.29) is 30.0 Å². The lowest BCUT2D eigenvalue weighted by atomic mass is 9.80. The minimum Gasteiger partial charge on any atom is -0.341 e. The highest BCUT2D eigenvalue weighted by atomic mass is 19.4. The van der Waals surface area contributed by atoms with Crippen molar-refractivity contribution in [3.8, 4) is 0 Å². The first-order valence-corrected chi connectivity index (χ1v) is 15.3. The lowest BCUT2D eigenvalue weighted by molar-refractivity contribution is -0.146. The predicted molar refractivity (Wildman–Crippen MR) is 156 cm³/mol. The summed E-state index contributed by atoms with van der Waals surface area (Å²) in [5.41, 5.74) is 5.26. The van der Waals surface area contributed by atoms with Crippen molar-refractivity contribution in [2.24, 2.45) is 11.8 Å². The summed E-state index contributed by atoms with van der Waals surface area (Å²) >= 11 is 0. The Morgan fingerprint density at radius 1 is 0.978 bits per heavy atom. The normalized spacial score (nSPS) is 20.7. The van der Waals surface area contributed by atoms with Gasteiger partial charge >= 0.3 is 12.2 Å². The van der Waals surface area contributed by atoms with Gasteiger partial charge in [-0.2, -0.15) is 18.3 Å². The molecule has 2 atom stereocenters. The van der Waals surface area contributed by atoms with E-state index in [0.717, 1.165) is 42.5 Å². The Balaban J connectivity index is 1.12. The molecule has 240 valence electrons. The van der Waals surface area contributed by atoms with Crippen molar-refractivity contribution in [2.75, 3.05) is 25.1 Å². The van der Waals surface area contributed by atoms with Crippen LogP contribution in [0.5, 0.6) is 0 Å². The summed E-state index contributed by atoms with van der Waals surface area (Å²) < 4.78 is 66.7. The molecule has 0 bridgehead atoms. The van der Waals surface area contributed by atoms with Crippen LogP contribution in [0, 0.1) is 11.8 Å². The van der Waals surface area contributed by atoms with Crippen LogP contribution in [0.2, 0.25) is 0 Å². The number of amides is 3.